The highest BCUT2D eigenvalue weighted by molar-refractivity contribution is 5.99. The van der Waals surface area contributed by atoms with Crippen molar-refractivity contribution < 1.29 is 14.3 Å². The predicted molar refractivity (Wildman–Crippen MR) is 123 cm³/mol. The highest BCUT2D eigenvalue weighted by Crippen LogP contribution is 2.35. The molecule has 0 fully saturated rings. The summed E-state index contributed by atoms with van der Waals surface area (Å²) >= 11 is 0. The zero-order chi connectivity index (χ0) is 20.8. The first-order valence-corrected chi connectivity index (χ1v) is 10.7. The molecule has 0 unspecified atom stereocenters. The predicted octanol–water partition coefficient (Wildman–Crippen LogP) is 5.64. The molecule has 0 bridgehead atoms. The minimum atomic E-state index is -0.195. The summed E-state index contributed by atoms with van der Waals surface area (Å²) in [5.41, 5.74) is 4.01. The quantitative estimate of drug-likeness (QED) is 0.437. The maximum atomic E-state index is 12.4. The fourth-order valence-electron chi connectivity index (χ4n) is 4.00. The summed E-state index contributed by atoms with van der Waals surface area (Å²) < 4.78 is 12.5. The van der Waals surface area contributed by atoms with Gasteiger partial charge in [0.1, 0.15) is 17.7 Å². The second-order valence-electron chi connectivity index (χ2n) is 7.65. The second kappa shape index (κ2) is 11.1. The van der Waals surface area contributed by atoms with Crippen molar-refractivity contribution in [2.24, 2.45) is 0 Å². The van der Waals surface area contributed by atoms with Gasteiger partial charge in [-0.25, -0.2) is 4.98 Å². The van der Waals surface area contributed by atoms with E-state index in [1.807, 2.05) is 36.5 Å². The Morgan fingerprint density at radius 3 is 2.71 bits per heavy atom. The fraction of sp³-hybridized carbons (Fsp3) is 0.360. The topological polar surface area (TPSA) is 64.2 Å². The summed E-state index contributed by atoms with van der Waals surface area (Å²) in [6, 6.07) is 14.0. The number of carbonyl (C=O) groups excluding carboxylic acids is 1. The van der Waals surface area contributed by atoms with E-state index in [-0.39, 0.29) is 24.3 Å². The molecule has 0 saturated carbocycles. The molecule has 0 aliphatic heterocycles. The maximum absolute atomic E-state index is 12.4. The Hall–Kier alpha value is -2.63. The number of imidazole rings is 1. The van der Waals surface area contributed by atoms with Crippen molar-refractivity contribution in [2.45, 2.75) is 51.7 Å². The molecule has 1 heterocycles. The van der Waals surface area contributed by atoms with Gasteiger partial charge in [-0.05, 0) is 42.5 Å². The first kappa shape index (κ1) is 23.0. The van der Waals surface area contributed by atoms with Crippen LogP contribution in [0.1, 0.15) is 65.2 Å². The molecule has 1 atom stereocenters. The standard InChI is InChI=1S/C25H28N2O3.ClH/c1-2-15-29-17-21-19-9-6-10-22(28)20(19)11-12-23(21)30-24(16-25-26-13-14-27-25)18-7-4-3-5-8-18;/h3-5,7-8,11-14,24H,2,6,9-10,15-17H2,1H3,(H,26,27);1H/t24-;/m0./s1. The number of nitrogens with zero attached hydrogens (tertiary/aromatic N) is 1. The molecule has 2 aromatic carbocycles. The number of nitrogens with one attached hydrogen (secondary N) is 1. The van der Waals surface area contributed by atoms with Gasteiger partial charge in [0.25, 0.3) is 0 Å². The van der Waals surface area contributed by atoms with E-state index in [1.165, 1.54) is 0 Å². The van der Waals surface area contributed by atoms with Crippen molar-refractivity contribution in [3.63, 3.8) is 0 Å². The lowest BCUT2D eigenvalue weighted by Crippen LogP contribution is -2.17. The lowest BCUT2D eigenvalue weighted by atomic mass is 9.87. The average molecular weight is 441 g/mol. The molecular weight excluding hydrogens is 412 g/mol. The smallest absolute Gasteiger partial charge is 0.163 e. The Labute approximate surface area is 189 Å². The highest BCUT2D eigenvalue weighted by Gasteiger charge is 2.24. The number of halogens is 1. The van der Waals surface area contributed by atoms with Crippen LogP contribution in [0.5, 0.6) is 5.75 Å². The minimum Gasteiger partial charge on any atom is -0.485 e. The van der Waals surface area contributed by atoms with Gasteiger partial charge in [0.15, 0.2) is 5.78 Å². The van der Waals surface area contributed by atoms with Gasteiger partial charge in [-0.15, -0.1) is 12.4 Å². The number of rotatable bonds is 9. The highest BCUT2D eigenvalue weighted by atomic mass is 35.5. The van der Waals surface area contributed by atoms with E-state index in [4.69, 9.17) is 9.47 Å². The molecule has 31 heavy (non-hydrogen) atoms. The van der Waals surface area contributed by atoms with Crippen LogP contribution >= 0.6 is 12.4 Å². The zero-order valence-corrected chi connectivity index (χ0v) is 18.6. The third-order valence-electron chi connectivity index (χ3n) is 5.49. The van der Waals surface area contributed by atoms with Gasteiger partial charge >= 0.3 is 0 Å². The van der Waals surface area contributed by atoms with E-state index >= 15 is 0 Å². The van der Waals surface area contributed by atoms with Gasteiger partial charge in [-0.1, -0.05) is 37.3 Å². The Morgan fingerprint density at radius 1 is 1.13 bits per heavy atom. The minimum absolute atomic E-state index is 0. The number of ether oxygens (including phenoxy) is 2. The molecule has 0 radical (unpaired) electrons. The first-order valence-electron chi connectivity index (χ1n) is 10.7. The van der Waals surface area contributed by atoms with Crippen LogP contribution < -0.4 is 4.74 Å². The van der Waals surface area contributed by atoms with E-state index in [0.29, 0.717) is 26.1 Å². The van der Waals surface area contributed by atoms with E-state index in [1.54, 1.807) is 6.20 Å². The van der Waals surface area contributed by atoms with Crippen molar-refractivity contribution in [2.75, 3.05) is 6.61 Å². The van der Waals surface area contributed by atoms with Crippen molar-refractivity contribution in [3.05, 3.63) is 82.9 Å². The monoisotopic (exact) mass is 440 g/mol. The van der Waals surface area contributed by atoms with Crippen LogP contribution in [-0.2, 0) is 24.2 Å². The summed E-state index contributed by atoms with van der Waals surface area (Å²) in [6.45, 7) is 3.24. The van der Waals surface area contributed by atoms with Crippen LogP contribution in [0, 0.1) is 0 Å². The Kier molecular flexibility index (Phi) is 8.27. The summed E-state index contributed by atoms with van der Waals surface area (Å²) in [6.07, 6.45) is 7.35. The third kappa shape index (κ3) is 5.54. The van der Waals surface area contributed by atoms with Gasteiger partial charge in [0.05, 0.1) is 6.61 Å². The SMILES string of the molecule is CCCOCc1c(O[C@@H](Cc2ncc[nH]2)c2ccccc2)ccc2c1CCCC2=O.Cl. The number of hydrogen-bond donors (Lipinski definition) is 1. The number of aromatic amines is 1. The van der Waals surface area contributed by atoms with E-state index < -0.39 is 0 Å². The lowest BCUT2D eigenvalue weighted by molar-refractivity contribution is 0.0968. The zero-order valence-electron chi connectivity index (χ0n) is 17.8. The Balaban J connectivity index is 0.00000272. The van der Waals surface area contributed by atoms with Gasteiger partial charge in [0.2, 0.25) is 0 Å². The van der Waals surface area contributed by atoms with Crippen LogP contribution in [0.15, 0.2) is 54.9 Å². The summed E-state index contributed by atoms with van der Waals surface area (Å²) in [4.78, 5) is 20.0. The number of benzene rings is 2. The van der Waals surface area contributed by atoms with Crippen molar-refractivity contribution in [1.82, 2.24) is 9.97 Å². The van der Waals surface area contributed by atoms with E-state index in [2.05, 4.69) is 29.0 Å². The molecule has 0 spiro atoms. The van der Waals surface area contributed by atoms with Crippen molar-refractivity contribution in [3.8, 4) is 5.75 Å². The van der Waals surface area contributed by atoms with Gasteiger partial charge in [-0.3, -0.25) is 4.79 Å². The molecule has 1 aliphatic carbocycles. The second-order valence-corrected chi connectivity index (χ2v) is 7.65. The number of carbonyl (C=O) groups is 1. The van der Waals surface area contributed by atoms with Crippen molar-refractivity contribution in [1.29, 1.82) is 0 Å². The summed E-state index contributed by atoms with van der Waals surface area (Å²) in [5.74, 6) is 1.88. The molecule has 0 saturated heterocycles. The molecule has 4 rings (SSSR count). The van der Waals surface area contributed by atoms with E-state index in [9.17, 15) is 4.79 Å². The summed E-state index contributed by atoms with van der Waals surface area (Å²) in [5, 5.41) is 0. The number of hydrogen-bond acceptors (Lipinski definition) is 4. The maximum Gasteiger partial charge on any atom is 0.163 e. The molecule has 1 aromatic heterocycles. The molecule has 6 heteroatoms. The summed E-state index contributed by atoms with van der Waals surface area (Å²) in [7, 11) is 0. The average Bonchev–Trinajstić information content (AvgIpc) is 3.28. The fourth-order valence-corrected chi connectivity index (χ4v) is 4.00. The number of H-pyrrole nitrogens is 1. The number of fused-ring (bicyclic) bond motifs is 1. The van der Waals surface area contributed by atoms with Crippen molar-refractivity contribution >= 4 is 18.2 Å². The van der Waals surface area contributed by atoms with Gasteiger partial charge in [-0.2, -0.15) is 0 Å². The number of ketones is 1. The molecule has 164 valence electrons. The third-order valence-corrected chi connectivity index (χ3v) is 5.49. The Morgan fingerprint density at radius 2 is 1.97 bits per heavy atom. The number of aromatic nitrogens is 2. The van der Waals surface area contributed by atoms with Crippen LogP contribution in [0.2, 0.25) is 0 Å². The van der Waals surface area contributed by atoms with Gasteiger partial charge in [0, 0.05) is 43.0 Å². The normalized spacial score (nSPS) is 13.9. The van der Waals surface area contributed by atoms with Crippen LogP contribution in [0.4, 0.5) is 0 Å². The van der Waals surface area contributed by atoms with Crippen LogP contribution in [0.25, 0.3) is 0 Å². The van der Waals surface area contributed by atoms with E-state index in [0.717, 1.165) is 53.1 Å². The first-order chi connectivity index (χ1) is 14.8. The van der Waals surface area contributed by atoms with Gasteiger partial charge < -0.3 is 14.5 Å². The molecule has 3 aromatic rings. The molecular formula is C25H29ClN2O3. The molecule has 0 amide bonds. The lowest BCUT2D eigenvalue weighted by Gasteiger charge is -2.25. The number of Topliss-reactive ketones (excluding diaryl/α,β-unsaturated/α-hetero) is 1. The Bertz CT molecular complexity index is 974. The molecule has 1 N–H and O–H groups in total. The van der Waals surface area contributed by atoms with Crippen LogP contribution in [-0.4, -0.2) is 22.4 Å². The largest absolute Gasteiger partial charge is 0.485 e. The van der Waals surface area contributed by atoms with Crippen LogP contribution in [0.3, 0.4) is 0 Å². The molecule has 5 nitrogen and oxygen atoms in total. The molecule has 1 aliphatic rings.